The molecule has 0 aliphatic carbocycles. The van der Waals surface area contributed by atoms with Crippen molar-refractivity contribution >= 4 is 18.9 Å². The van der Waals surface area contributed by atoms with Gasteiger partial charge in [0.05, 0.1) is 8.81 Å². The van der Waals surface area contributed by atoms with Crippen LogP contribution in [0.5, 0.6) is 0 Å². The molecule has 0 bridgehead atoms. The predicted molar refractivity (Wildman–Crippen MR) is 112 cm³/mol. The van der Waals surface area contributed by atoms with E-state index in [1.165, 1.54) is 7.11 Å². The fraction of sp³-hybridized carbons (Fsp3) is 1.00. The highest BCUT2D eigenvalue weighted by atomic mass is 32.2. The van der Waals surface area contributed by atoms with E-state index in [4.69, 9.17) is 9.47 Å². The second-order valence-corrected chi connectivity index (χ2v) is 10.5. The SMILES string of the molecule is CCCCC(CCCC)(CCCC)C(OC(C)OC)POS(=O)(=O)C(F)(F)C(F)(F)F. The summed E-state index contributed by atoms with van der Waals surface area (Å²) >= 11 is 0. The molecular weight excluding hydrogens is 466 g/mol. The van der Waals surface area contributed by atoms with Gasteiger partial charge in [0, 0.05) is 12.5 Å². The van der Waals surface area contributed by atoms with Gasteiger partial charge in [0.2, 0.25) is 0 Å². The van der Waals surface area contributed by atoms with E-state index in [1.807, 2.05) is 20.8 Å². The standard InChI is InChI=1S/C19H36F5O5PS/c1-6-9-12-17(13-10-7-2,14-11-8-3)16(28-15(4)27-5)30-29-31(25,26)19(23,24)18(20,21)22/h15-16,30H,6-14H2,1-5H3. The van der Waals surface area contributed by atoms with Gasteiger partial charge in [0.15, 0.2) is 6.29 Å². The van der Waals surface area contributed by atoms with Crippen LogP contribution in [0.25, 0.3) is 0 Å². The second kappa shape index (κ2) is 13.6. The van der Waals surface area contributed by atoms with E-state index >= 15 is 0 Å². The second-order valence-electron chi connectivity index (χ2n) is 7.66. The zero-order chi connectivity index (χ0) is 24.3. The molecule has 0 aromatic rings. The van der Waals surface area contributed by atoms with Crippen LogP contribution in [0.1, 0.15) is 85.5 Å². The lowest BCUT2D eigenvalue weighted by Crippen LogP contribution is -2.44. The highest BCUT2D eigenvalue weighted by Crippen LogP contribution is 2.51. The van der Waals surface area contributed by atoms with Crippen LogP contribution in [0.2, 0.25) is 0 Å². The van der Waals surface area contributed by atoms with E-state index in [-0.39, 0.29) is 0 Å². The fourth-order valence-corrected chi connectivity index (χ4v) is 5.69. The van der Waals surface area contributed by atoms with Gasteiger partial charge in [-0.15, -0.1) is 0 Å². The van der Waals surface area contributed by atoms with Crippen LogP contribution >= 0.6 is 8.81 Å². The highest BCUT2D eigenvalue weighted by molar-refractivity contribution is 7.90. The first-order valence-corrected chi connectivity index (χ1v) is 12.9. The molecule has 0 aromatic heterocycles. The van der Waals surface area contributed by atoms with Crippen molar-refractivity contribution in [2.24, 2.45) is 5.41 Å². The molecular formula is C19H36F5O5PS. The zero-order valence-electron chi connectivity index (χ0n) is 18.9. The molecule has 0 N–H and O–H groups in total. The minimum atomic E-state index is -6.28. The number of rotatable bonds is 17. The monoisotopic (exact) mass is 502 g/mol. The number of ether oxygens (including phenoxy) is 2. The minimum absolute atomic E-state index is 0.608. The summed E-state index contributed by atoms with van der Waals surface area (Å²) in [6.45, 7) is 7.47. The van der Waals surface area contributed by atoms with E-state index in [1.54, 1.807) is 6.92 Å². The van der Waals surface area contributed by atoms with E-state index in [2.05, 4.69) is 3.97 Å². The van der Waals surface area contributed by atoms with Crippen molar-refractivity contribution in [2.45, 2.75) is 109 Å². The third-order valence-corrected chi connectivity index (χ3v) is 8.29. The fourth-order valence-electron chi connectivity index (χ4n) is 3.20. The Labute approximate surface area is 184 Å². The number of hydrogen-bond acceptors (Lipinski definition) is 5. The van der Waals surface area contributed by atoms with Crippen LogP contribution in [0.15, 0.2) is 0 Å². The summed E-state index contributed by atoms with van der Waals surface area (Å²) in [6.07, 6.45) is -0.473. The van der Waals surface area contributed by atoms with Crippen LogP contribution in [0, 0.1) is 5.41 Å². The smallest absolute Gasteiger partial charge is 0.356 e. The first kappa shape index (κ1) is 30.9. The number of methoxy groups -OCH3 is 1. The van der Waals surface area contributed by atoms with Crippen molar-refractivity contribution < 1.29 is 43.8 Å². The van der Waals surface area contributed by atoms with Gasteiger partial charge in [0.1, 0.15) is 5.85 Å². The number of halogens is 5. The molecule has 0 aliphatic rings. The van der Waals surface area contributed by atoms with Crippen LogP contribution < -0.4 is 0 Å². The topological polar surface area (TPSA) is 61.8 Å². The highest BCUT2D eigenvalue weighted by Gasteiger charge is 2.68. The van der Waals surface area contributed by atoms with Gasteiger partial charge in [-0.2, -0.15) is 30.4 Å². The Bertz CT molecular complexity index is 579. The van der Waals surface area contributed by atoms with E-state index in [9.17, 15) is 30.4 Å². The van der Waals surface area contributed by atoms with Crippen LogP contribution in [0.3, 0.4) is 0 Å². The molecule has 0 spiro atoms. The van der Waals surface area contributed by atoms with Gasteiger partial charge >= 0.3 is 21.5 Å². The molecule has 0 saturated carbocycles. The molecule has 0 aliphatic heterocycles. The lowest BCUT2D eigenvalue weighted by Gasteiger charge is -2.42. The Morgan fingerprint density at radius 1 is 0.871 bits per heavy atom. The summed E-state index contributed by atoms with van der Waals surface area (Å²) in [6, 6.07) is 0. The first-order valence-electron chi connectivity index (χ1n) is 10.6. The van der Waals surface area contributed by atoms with Crippen molar-refractivity contribution in [3.63, 3.8) is 0 Å². The third kappa shape index (κ3) is 8.99. The summed E-state index contributed by atoms with van der Waals surface area (Å²) in [5, 5.41) is -6.01. The van der Waals surface area contributed by atoms with Crippen LogP contribution in [-0.2, 0) is 23.6 Å². The minimum Gasteiger partial charge on any atom is -0.356 e. The molecule has 0 saturated heterocycles. The largest absolute Gasteiger partial charge is 0.472 e. The maximum Gasteiger partial charge on any atom is 0.472 e. The van der Waals surface area contributed by atoms with Gasteiger partial charge in [0.25, 0.3) is 0 Å². The van der Waals surface area contributed by atoms with E-state index in [0.717, 1.165) is 38.5 Å². The lowest BCUT2D eigenvalue weighted by molar-refractivity contribution is -0.243. The maximum atomic E-state index is 13.5. The van der Waals surface area contributed by atoms with Crippen molar-refractivity contribution in [1.82, 2.24) is 0 Å². The third-order valence-electron chi connectivity index (χ3n) is 5.21. The van der Waals surface area contributed by atoms with Crippen molar-refractivity contribution in [1.29, 1.82) is 0 Å². The van der Waals surface area contributed by atoms with Gasteiger partial charge in [-0.25, -0.2) is 3.97 Å². The van der Waals surface area contributed by atoms with Gasteiger partial charge in [-0.05, 0) is 26.2 Å². The Morgan fingerprint density at radius 2 is 1.29 bits per heavy atom. The average Bonchev–Trinajstić information content (AvgIpc) is 2.69. The predicted octanol–water partition coefficient (Wildman–Crippen LogP) is 6.97. The van der Waals surface area contributed by atoms with Gasteiger partial charge in [-0.3, -0.25) is 0 Å². The van der Waals surface area contributed by atoms with Crippen molar-refractivity contribution in [2.75, 3.05) is 7.11 Å². The molecule has 0 aromatic carbocycles. The maximum absolute atomic E-state index is 13.5. The molecule has 3 atom stereocenters. The van der Waals surface area contributed by atoms with Crippen LogP contribution in [-0.4, -0.2) is 39.1 Å². The van der Waals surface area contributed by atoms with Gasteiger partial charge < -0.3 is 9.47 Å². The quantitative estimate of drug-likeness (QED) is 0.122. The van der Waals surface area contributed by atoms with E-state index in [0.29, 0.717) is 19.3 Å². The molecule has 0 fully saturated rings. The van der Waals surface area contributed by atoms with Crippen molar-refractivity contribution in [3.8, 4) is 0 Å². The normalized spacial score (nSPS) is 16.2. The Kier molecular flexibility index (Phi) is 13.5. The number of hydrogen-bond donors (Lipinski definition) is 0. The molecule has 3 unspecified atom stereocenters. The zero-order valence-corrected chi connectivity index (χ0v) is 20.7. The first-order chi connectivity index (χ1) is 14.2. The molecule has 0 amide bonds. The molecule has 0 rings (SSSR count). The lowest BCUT2D eigenvalue weighted by atomic mass is 9.74. The average molecular weight is 503 g/mol. The van der Waals surface area contributed by atoms with Gasteiger partial charge in [-0.1, -0.05) is 59.3 Å². The summed E-state index contributed by atoms with van der Waals surface area (Å²) in [7, 11) is -6.15. The van der Waals surface area contributed by atoms with Crippen molar-refractivity contribution in [3.05, 3.63) is 0 Å². The number of unbranched alkanes of at least 4 members (excludes halogenated alkanes) is 3. The molecule has 5 nitrogen and oxygen atoms in total. The molecule has 31 heavy (non-hydrogen) atoms. The molecule has 12 heteroatoms. The van der Waals surface area contributed by atoms with Crippen LogP contribution in [0.4, 0.5) is 22.0 Å². The summed E-state index contributed by atoms with van der Waals surface area (Å²) in [5.74, 6) is -1.01. The molecule has 188 valence electrons. The Hall–Kier alpha value is -0.0900. The summed E-state index contributed by atoms with van der Waals surface area (Å²) in [4.78, 5) is 0. The van der Waals surface area contributed by atoms with E-state index < -0.39 is 47.9 Å². The molecule has 0 radical (unpaired) electrons. The number of alkyl halides is 5. The summed E-state index contributed by atoms with van der Waals surface area (Å²) in [5.41, 5.74) is -0.629. The molecule has 0 heterocycles. The summed E-state index contributed by atoms with van der Waals surface area (Å²) < 4.78 is 104. The Morgan fingerprint density at radius 3 is 1.61 bits per heavy atom. The Balaban J connectivity index is 6.04.